The molecule has 1 rings (SSSR count). The first-order valence-corrected chi connectivity index (χ1v) is 7.60. The third-order valence-corrected chi connectivity index (χ3v) is 3.11. The lowest BCUT2D eigenvalue weighted by Crippen LogP contribution is -2.25. The summed E-state index contributed by atoms with van der Waals surface area (Å²) in [6, 6.07) is 0. The molecule has 0 fully saturated rings. The molecule has 0 aromatic rings. The van der Waals surface area contributed by atoms with Crippen molar-refractivity contribution in [3.63, 3.8) is 0 Å². The minimum absolute atomic E-state index is 0.0449. The largest absolute Gasteiger partial charge is 0.498 e. The van der Waals surface area contributed by atoms with Crippen LogP contribution < -0.4 is 0 Å². The van der Waals surface area contributed by atoms with Crippen LogP contribution in [-0.2, 0) is 23.8 Å². The van der Waals surface area contributed by atoms with Crippen LogP contribution in [0.4, 0.5) is 0 Å². The van der Waals surface area contributed by atoms with Crippen LogP contribution in [0.3, 0.4) is 0 Å². The highest BCUT2D eigenvalue weighted by Crippen LogP contribution is 2.19. The summed E-state index contributed by atoms with van der Waals surface area (Å²) in [5.41, 5.74) is -0.317. The number of esters is 2. The van der Waals surface area contributed by atoms with Crippen molar-refractivity contribution in [2.24, 2.45) is 5.92 Å². The van der Waals surface area contributed by atoms with Crippen LogP contribution in [0.25, 0.3) is 0 Å². The standard InChI is InChI=1S/C17H26O5/c1-12(10-14-8-6-7-9-20-14)15(18)21-11-13(2)16(19)22-17(3,4)5/h7,9,11-12,14H,6,8,10H2,1-5H3/b13-11+. The van der Waals surface area contributed by atoms with Crippen LogP contribution in [0, 0.1) is 5.92 Å². The van der Waals surface area contributed by atoms with Crippen LogP contribution in [0.2, 0.25) is 0 Å². The summed E-state index contributed by atoms with van der Waals surface area (Å²) in [6.07, 6.45) is 7.32. The molecular formula is C17H26O5. The fourth-order valence-corrected chi connectivity index (χ4v) is 1.92. The lowest BCUT2D eigenvalue weighted by molar-refractivity contribution is -0.150. The number of carbonyl (C=O) groups excluding carboxylic acids is 2. The van der Waals surface area contributed by atoms with E-state index in [1.54, 1.807) is 40.9 Å². The average Bonchev–Trinajstić information content (AvgIpc) is 2.43. The van der Waals surface area contributed by atoms with Crippen LogP contribution in [0.5, 0.6) is 0 Å². The van der Waals surface area contributed by atoms with E-state index >= 15 is 0 Å². The van der Waals surface area contributed by atoms with E-state index < -0.39 is 11.6 Å². The van der Waals surface area contributed by atoms with E-state index in [0.717, 1.165) is 19.1 Å². The highest BCUT2D eigenvalue weighted by atomic mass is 16.6. The van der Waals surface area contributed by atoms with E-state index in [0.29, 0.717) is 6.42 Å². The molecule has 2 unspecified atom stereocenters. The lowest BCUT2D eigenvalue weighted by atomic mass is 10.00. The zero-order valence-electron chi connectivity index (χ0n) is 14.0. The fraction of sp³-hybridized carbons (Fsp3) is 0.647. The molecule has 0 N–H and O–H groups in total. The molecular weight excluding hydrogens is 284 g/mol. The van der Waals surface area contributed by atoms with Crippen molar-refractivity contribution in [2.45, 2.75) is 65.6 Å². The Morgan fingerprint density at radius 2 is 2.09 bits per heavy atom. The van der Waals surface area contributed by atoms with E-state index in [2.05, 4.69) is 0 Å². The molecule has 5 nitrogen and oxygen atoms in total. The number of hydrogen-bond donors (Lipinski definition) is 0. The third-order valence-electron chi connectivity index (χ3n) is 3.11. The highest BCUT2D eigenvalue weighted by molar-refractivity contribution is 5.88. The second-order valence-corrected chi connectivity index (χ2v) is 6.58. The minimum Gasteiger partial charge on any atom is -0.498 e. The van der Waals surface area contributed by atoms with E-state index in [9.17, 15) is 9.59 Å². The molecule has 1 aliphatic rings. The first-order valence-electron chi connectivity index (χ1n) is 7.60. The van der Waals surface area contributed by atoms with Crippen LogP contribution in [0.15, 0.2) is 24.2 Å². The monoisotopic (exact) mass is 310 g/mol. The number of hydrogen-bond acceptors (Lipinski definition) is 5. The van der Waals surface area contributed by atoms with Crippen molar-refractivity contribution in [1.29, 1.82) is 0 Å². The minimum atomic E-state index is -0.574. The Kier molecular flexibility index (Phi) is 6.65. The van der Waals surface area contributed by atoms with Gasteiger partial charge in [0.15, 0.2) is 0 Å². The normalized spacial score (nSPS) is 20.0. The molecule has 0 aromatic heterocycles. The van der Waals surface area contributed by atoms with Gasteiger partial charge in [-0.15, -0.1) is 0 Å². The molecule has 0 aromatic carbocycles. The molecule has 124 valence electrons. The first kappa shape index (κ1) is 18.3. The van der Waals surface area contributed by atoms with Gasteiger partial charge in [-0.05, 0) is 53.0 Å². The Balaban J connectivity index is 2.44. The summed E-state index contributed by atoms with van der Waals surface area (Å²) in [6.45, 7) is 8.70. The van der Waals surface area contributed by atoms with Gasteiger partial charge < -0.3 is 14.2 Å². The maximum Gasteiger partial charge on any atom is 0.337 e. The van der Waals surface area contributed by atoms with Gasteiger partial charge in [0, 0.05) is 0 Å². The Morgan fingerprint density at radius 1 is 1.41 bits per heavy atom. The smallest absolute Gasteiger partial charge is 0.337 e. The van der Waals surface area contributed by atoms with E-state index in [4.69, 9.17) is 14.2 Å². The van der Waals surface area contributed by atoms with Gasteiger partial charge >= 0.3 is 11.9 Å². The van der Waals surface area contributed by atoms with Crippen molar-refractivity contribution in [3.05, 3.63) is 24.2 Å². The summed E-state index contributed by atoms with van der Waals surface area (Å²) in [5, 5.41) is 0. The summed E-state index contributed by atoms with van der Waals surface area (Å²) in [5.74, 6) is -1.16. The summed E-state index contributed by atoms with van der Waals surface area (Å²) < 4.78 is 15.7. The predicted octanol–water partition coefficient (Wildman–Crippen LogP) is 3.49. The van der Waals surface area contributed by atoms with E-state index in [1.165, 1.54) is 0 Å². The maximum absolute atomic E-state index is 11.9. The molecule has 0 spiro atoms. The average molecular weight is 310 g/mol. The van der Waals surface area contributed by atoms with Gasteiger partial charge in [0.05, 0.1) is 23.9 Å². The Bertz CT molecular complexity index is 456. The molecule has 0 saturated carbocycles. The van der Waals surface area contributed by atoms with Gasteiger partial charge in [-0.25, -0.2) is 4.79 Å². The molecule has 0 aliphatic carbocycles. The predicted molar refractivity (Wildman–Crippen MR) is 82.7 cm³/mol. The topological polar surface area (TPSA) is 61.8 Å². The molecule has 0 saturated heterocycles. The molecule has 0 radical (unpaired) electrons. The lowest BCUT2D eigenvalue weighted by Gasteiger charge is -2.21. The van der Waals surface area contributed by atoms with Gasteiger partial charge in [-0.2, -0.15) is 0 Å². The molecule has 1 heterocycles. The van der Waals surface area contributed by atoms with Gasteiger partial charge in [0.2, 0.25) is 0 Å². The first-order chi connectivity index (χ1) is 10.2. The van der Waals surface area contributed by atoms with Crippen LogP contribution in [-0.4, -0.2) is 23.6 Å². The molecule has 22 heavy (non-hydrogen) atoms. The third kappa shape index (κ3) is 6.78. The second-order valence-electron chi connectivity index (χ2n) is 6.58. The van der Waals surface area contributed by atoms with Gasteiger partial charge in [0.1, 0.15) is 11.9 Å². The van der Waals surface area contributed by atoms with Crippen molar-refractivity contribution < 1.29 is 23.8 Å². The second kappa shape index (κ2) is 8.01. The molecule has 1 aliphatic heterocycles. The van der Waals surface area contributed by atoms with Crippen LogP contribution in [0.1, 0.15) is 53.9 Å². The summed E-state index contributed by atoms with van der Waals surface area (Å²) in [7, 11) is 0. The Morgan fingerprint density at radius 3 is 2.64 bits per heavy atom. The van der Waals surface area contributed by atoms with Crippen molar-refractivity contribution in [3.8, 4) is 0 Å². The zero-order valence-corrected chi connectivity index (χ0v) is 14.0. The number of allylic oxidation sites excluding steroid dienone is 1. The SMILES string of the molecule is C/C(=C\OC(=O)C(C)CC1CCC=CO1)C(=O)OC(C)(C)C. The number of rotatable bonds is 5. The van der Waals surface area contributed by atoms with E-state index in [1.807, 2.05) is 6.08 Å². The molecule has 2 atom stereocenters. The fourth-order valence-electron chi connectivity index (χ4n) is 1.92. The summed E-state index contributed by atoms with van der Waals surface area (Å²) >= 11 is 0. The van der Waals surface area contributed by atoms with Crippen molar-refractivity contribution in [1.82, 2.24) is 0 Å². The van der Waals surface area contributed by atoms with Gasteiger partial charge in [-0.3, -0.25) is 4.79 Å². The van der Waals surface area contributed by atoms with E-state index in [-0.39, 0.29) is 23.6 Å². The Hall–Kier alpha value is -1.78. The van der Waals surface area contributed by atoms with Crippen molar-refractivity contribution >= 4 is 11.9 Å². The molecule has 5 heteroatoms. The van der Waals surface area contributed by atoms with Gasteiger partial charge in [0.25, 0.3) is 0 Å². The highest BCUT2D eigenvalue weighted by Gasteiger charge is 2.22. The van der Waals surface area contributed by atoms with Crippen LogP contribution >= 0.6 is 0 Å². The molecule has 0 amide bonds. The Labute approximate surface area is 132 Å². The molecule has 0 bridgehead atoms. The van der Waals surface area contributed by atoms with Gasteiger partial charge in [-0.1, -0.05) is 6.92 Å². The summed E-state index contributed by atoms with van der Waals surface area (Å²) in [4.78, 5) is 23.7. The van der Waals surface area contributed by atoms with Crippen molar-refractivity contribution in [2.75, 3.05) is 0 Å². The quantitative estimate of drug-likeness (QED) is 0.442. The zero-order chi connectivity index (χ0) is 16.8. The number of carbonyl (C=O) groups is 2. The number of ether oxygens (including phenoxy) is 3. The maximum atomic E-state index is 11.9.